The average molecular weight is 670 g/mol. The average Bonchev–Trinajstić information content (AvgIpc) is 3.08. The van der Waals surface area contributed by atoms with E-state index >= 15 is 0 Å². The zero-order chi connectivity index (χ0) is 35.7. The van der Waals surface area contributed by atoms with Gasteiger partial charge in [0.15, 0.2) is 0 Å². The maximum atomic E-state index is 13.7. The first-order valence-corrected chi connectivity index (χ1v) is 15.7. The van der Waals surface area contributed by atoms with E-state index in [1.165, 1.54) is 13.1 Å². The number of hydrogen-bond donors (Lipinski definition) is 6. The number of nitrogens with one attached hydrogen (secondary N) is 4. The van der Waals surface area contributed by atoms with Gasteiger partial charge >= 0.3 is 5.97 Å². The Labute approximate surface area is 282 Å². The van der Waals surface area contributed by atoms with E-state index in [4.69, 9.17) is 5.11 Å². The van der Waals surface area contributed by atoms with Gasteiger partial charge in [-0.05, 0) is 47.7 Å². The Morgan fingerprint density at radius 3 is 2.06 bits per heavy atom. The topological polar surface area (TPSA) is 196 Å². The fraction of sp³-hybridized carbons (Fsp3) is 0.278. The van der Waals surface area contributed by atoms with E-state index < -0.39 is 65.1 Å². The summed E-state index contributed by atoms with van der Waals surface area (Å²) in [6.07, 6.45) is 0.498. The predicted octanol–water partition coefficient (Wildman–Crippen LogP) is 2.25. The molecule has 0 aliphatic rings. The van der Waals surface area contributed by atoms with E-state index in [0.29, 0.717) is 23.1 Å². The molecule has 0 radical (unpaired) electrons. The van der Waals surface area contributed by atoms with Crippen LogP contribution in [0.2, 0.25) is 0 Å². The molecule has 4 amide bonds. The number of aliphatic carboxylic acids is 1. The number of aryl methyl sites for hydroxylation is 1. The molecule has 0 unspecified atom stereocenters. The molecule has 3 aromatic carbocycles. The number of carbonyl (C=O) groups excluding carboxylic acids is 4. The number of aromatic hydroxyl groups is 1. The van der Waals surface area contributed by atoms with Gasteiger partial charge in [0.05, 0.1) is 5.52 Å². The number of carboxylic acid groups (broad SMARTS) is 1. The summed E-state index contributed by atoms with van der Waals surface area (Å²) in [6.45, 7) is 3.05. The minimum atomic E-state index is -1.32. The highest BCUT2D eigenvalue weighted by Crippen LogP contribution is 2.27. The largest absolute Gasteiger partial charge is 0.506 e. The van der Waals surface area contributed by atoms with Crippen LogP contribution in [-0.4, -0.2) is 63.0 Å². The van der Waals surface area contributed by atoms with Crippen molar-refractivity contribution in [3.05, 3.63) is 111 Å². The Bertz CT molecular complexity index is 1910. The Morgan fingerprint density at radius 1 is 0.776 bits per heavy atom. The lowest BCUT2D eigenvalue weighted by molar-refractivity contribution is -0.135. The van der Waals surface area contributed by atoms with Crippen LogP contribution in [0.15, 0.2) is 83.7 Å². The lowest BCUT2D eigenvalue weighted by atomic mass is 10.0. The minimum absolute atomic E-state index is 0.0205. The van der Waals surface area contributed by atoms with Crippen molar-refractivity contribution in [3.63, 3.8) is 0 Å². The van der Waals surface area contributed by atoms with Gasteiger partial charge in [0.25, 0.3) is 17.4 Å². The van der Waals surface area contributed by atoms with Gasteiger partial charge < -0.3 is 36.0 Å². The third-order valence-electron chi connectivity index (χ3n) is 7.81. The Morgan fingerprint density at radius 2 is 1.43 bits per heavy atom. The third kappa shape index (κ3) is 9.31. The first-order chi connectivity index (χ1) is 23.3. The highest BCUT2D eigenvalue weighted by Gasteiger charge is 2.28. The molecule has 13 heteroatoms. The van der Waals surface area contributed by atoms with Crippen molar-refractivity contribution in [2.45, 2.75) is 45.3 Å². The smallest absolute Gasteiger partial charge is 0.322 e. The van der Waals surface area contributed by atoms with Crippen molar-refractivity contribution in [1.82, 2.24) is 25.8 Å². The maximum absolute atomic E-state index is 13.7. The quantitative estimate of drug-likeness (QED) is 0.118. The molecule has 49 heavy (non-hydrogen) atoms. The van der Waals surface area contributed by atoms with Crippen LogP contribution in [0.5, 0.6) is 5.75 Å². The van der Waals surface area contributed by atoms with Crippen LogP contribution in [0.25, 0.3) is 10.9 Å². The predicted molar refractivity (Wildman–Crippen MR) is 182 cm³/mol. The fourth-order valence-corrected chi connectivity index (χ4v) is 5.32. The first-order valence-electron chi connectivity index (χ1n) is 15.7. The number of carboxylic acids is 1. The SMILES string of the molecule is CC(C)C[C@H](NC(=O)[C@@H](Cc1ccccc1)NC(=O)c1ccccc1)C(=O)NCc1ccc2c(c1)c(O)c(C(=O)NCC(=O)O)c(=O)n2C. The van der Waals surface area contributed by atoms with E-state index in [2.05, 4.69) is 21.3 Å². The molecule has 0 aliphatic heterocycles. The summed E-state index contributed by atoms with van der Waals surface area (Å²) in [7, 11) is 1.41. The van der Waals surface area contributed by atoms with E-state index in [9.17, 15) is 33.9 Å². The molecular weight excluding hydrogens is 630 g/mol. The summed E-state index contributed by atoms with van der Waals surface area (Å²) in [6, 6.07) is 20.5. The molecule has 0 saturated heterocycles. The second-order valence-corrected chi connectivity index (χ2v) is 12.0. The van der Waals surface area contributed by atoms with Crippen molar-refractivity contribution in [3.8, 4) is 5.75 Å². The first kappa shape index (κ1) is 35.9. The van der Waals surface area contributed by atoms with Crippen LogP contribution in [-0.2, 0) is 34.4 Å². The number of benzene rings is 3. The molecule has 4 aromatic rings. The van der Waals surface area contributed by atoms with Gasteiger partial charge in [0.1, 0.15) is 29.9 Å². The summed E-state index contributed by atoms with van der Waals surface area (Å²) in [4.78, 5) is 76.5. The fourth-order valence-electron chi connectivity index (χ4n) is 5.32. The van der Waals surface area contributed by atoms with Gasteiger partial charge in [-0.3, -0.25) is 28.8 Å². The Balaban J connectivity index is 1.53. The second-order valence-electron chi connectivity index (χ2n) is 12.0. The van der Waals surface area contributed by atoms with Crippen LogP contribution in [0, 0.1) is 5.92 Å². The van der Waals surface area contributed by atoms with Crippen LogP contribution in [0.1, 0.15) is 52.1 Å². The van der Waals surface area contributed by atoms with E-state index in [0.717, 1.165) is 10.1 Å². The van der Waals surface area contributed by atoms with Crippen LogP contribution < -0.4 is 26.8 Å². The van der Waals surface area contributed by atoms with Gasteiger partial charge in [-0.1, -0.05) is 68.4 Å². The monoisotopic (exact) mass is 669 g/mol. The molecule has 0 bridgehead atoms. The van der Waals surface area contributed by atoms with E-state index in [1.807, 2.05) is 44.2 Å². The molecule has 0 spiro atoms. The van der Waals surface area contributed by atoms with Crippen molar-refractivity contribution in [2.75, 3.05) is 6.54 Å². The highest BCUT2D eigenvalue weighted by molar-refractivity contribution is 6.03. The van der Waals surface area contributed by atoms with Crippen LogP contribution in [0.3, 0.4) is 0 Å². The molecule has 2 atom stereocenters. The molecule has 1 heterocycles. The molecular formula is C36H39N5O8. The molecule has 0 aliphatic carbocycles. The zero-order valence-corrected chi connectivity index (χ0v) is 27.4. The van der Waals surface area contributed by atoms with Crippen molar-refractivity contribution in [1.29, 1.82) is 0 Å². The molecule has 13 nitrogen and oxygen atoms in total. The van der Waals surface area contributed by atoms with Gasteiger partial charge in [-0.2, -0.15) is 0 Å². The number of pyridine rings is 1. The van der Waals surface area contributed by atoms with Crippen molar-refractivity contribution in [2.24, 2.45) is 13.0 Å². The number of carbonyl (C=O) groups is 5. The molecule has 256 valence electrons. The minimum Gasteiger partial charge on any atom is -0.506 e. The lowest BCUT2D eigenvalue weighted by Gasteiger charge is -2.24. The highest BCUT2D eigenvalue weighted by atomic mass is 16.4. The third-order valence-corrected chi connectivity index (χ3v) is 7.81. The summed E-state index contributed by atoms with van der Waals surface area (Å²) in [5, 5.41) is 30.4. The van der Waals surface area contributed by atoms with Gasteiger partial charge in [-0.15, -0.1) is 0 Å². The number of fused-ring (bicyclic) bond motifs is 1. The molecule has 6 N–H and O–H groups in total. The number of aromatic nitrogens is 1. The van der Waals surface area contributed by atoms with E-state index in [1.54, 1.807) is 42.5 Å². The number of hydrogen-bond acceptors (Lipinski definition) is 7. The standard InChI is InChI=1S/C36H39N5O8/c1-21(2)16-26(40-34(47)27(18-22-10-6-4-7-11-22)39-32(45)24-12-8-5-9-13-24)33(46)37-19-23-14-15-28-25(17-23)31(44)30(36(49)41(28)3)35(48)38-20-29(42)43/h4-15,17,21,26-27,44H,16,18-20H2,1-3H3,(H,37,46)(H,38,48)(H,39,45)(H,40,47)(H,42,43)/t26-,27+/m0/s1. The zero-order valence-electron chi connectivity index (χ0n) is 27.4. The summed E-state index contributed by atoms with van der Waals surface area (Å²) in [5.41, 5.74) is 0.603. The van der Waals surface area contributed by atoms with E-state index in [-0.39, 0.29) is 24.3 Å². The van der Waals surface area contributed by atoms with Crippen molar-refractivity contribution < 1.29 is 34.2 Å². The second kappa shape index (κ2) is 16.2. The number of nitrogens with zero attached hydrogens (tertiary/aromatic N) is 1. The normalized spacial score (nSPS) is 12.2. The molecule has 1 aromatic heterocycles. The van der Waals surface area contributed by atoms with Crippen molar-refractivity contribution >= 4 is 40.5 Å². The summed E-state index contributed by atoms with van der Waals surface area (Å²) >= 11 is 0. The molecule has 4 rings (SSSR count). The molecule has 0 fully saturated rings. The Kier molecular flexibility index (Phi) is 11.9. The van der Waals surface area contributed by atoms with Gasteiger partial charge in [0, 0.05) is 31.0 Å². The number of amides is 4. The molecule has 0 saturated carbocycles. The number of rotatable bonds is 14. The summed E-state index contributed by atoms with van der Waals surface area (Å²) < 4.78 is 1.16. The van der Waals surface area contributed by atoms with Gasteiger partial charge in [0.2, 0.25) is 11.8 Å². The van der Waals surface area contributed by atoms with Crippen LogP contribution in [0.4, 0.5) is 0 Å². The van der Waals surface area contributed by atoms with Crippen LogP contribution >= 0.6 is 0 Å². The lowest BCUT2D eigenvalue weighted by Crippen LogP contribution is -2.54. The Hall–Kier alpha value is -5.98. The van der Waals surface area contributed by atoms with Gasteiger partial charge in [-0.25, -0.2) is 0 Å². The summed E-state index contributed by atoms with van der Waals surface area (Å²) in [5.74, 6) is -4.40. The maximum Gasteiger partial charge on any atom is 0.322 e.